The SMILES string of the molecule is CC(C)=C[C@H]1O[C@H]2[C@H]3O[C@@]34[C@H](CCC3(C)[C@@]5(C)c6[nH]c7ccc8c(c7c6CC5CC[C@]34O)CC3C(=C8)C(C)(C)OC3(C)C)O[C@@H]2C(C)(C)O1. The Morgan fingerprint density at radius 2 is 1.65 bits per heavy atom. The van der Waals surface area contributed by atoms with Crippen LogP contribution in [0.25, 0.3) is 17.0 Å². The minimum Gasteiger partial charge on any atom is -0.386 e. The Bertz CT molecular complexity index is 1880. The van der Waals surface area contributed by atoms with Gasteiger partial charge in [0.1, 0.15) is 23.9 Å². The molecule has 11 atom stereocenters. The fourth-order valence-electron chi connectivity index (χ4n) is 13.1. The molecule has 0 amide bonds. The van der Waals surface area contributed by atoms with Gasteiger partial charge in [-0.1, -0.05) is 31.6 Å². The Morgan fingerprint density at radius 1 is 0.878 bits per heavy atom. The quantitative estimate of drug-likeness (QED) is 0.242. The molecule has 4 saturated heterocycles. The predicted octanol–water partition coefficient (Wildman–Crippen LogP) is 7.46. The Hall–Kier alpha value is -2.00. The maximum absolute atomic E-state index is 13.5. The summed E-state index contributed by atoms with van der Waals surface area (Å²) in [5.41, 5.74) is 5.89. The second-order valence-corrected chi connectivity index (χ2v) is 19.3. The highest BCUT2D eigenvalue weighted by Crippen LogP contribution is 2.75. The van der Waals surface area contributed by atoms with Crippen molar-refractivity contribution in [1.82, 2.24) is 4.98 Å². The normalized spacial score (nSPS) is 47.3. The number of fused-ring (bicyclic) bond motifs is 12. The first-order valence-corrected chi connectivity index (χ1v) is 19.0. The molecular weight excluding hydrogens is 614 g/mol. The highest BCUT2D eigenvalue weighted by molar-refractivity contribution is 5.93. The first kappa shape index (κ1) is 31.7. The standard InChI is InChI=1S/C42H55NO6/c1-21(2)17-30-46-32-34(38(7,8)47-30)45-29-14-15-39(9)40(10)23(13-16-41(39,44)42(29)35(32)48-42)19-25-31-24-20-27-26(36(3,4)49-37(27,5)6)18-22(24)11-12-28(31)43-33(25)40/h11-12,17-18,23,27,29-30,32,34-35,43-44H,13-16,19-20H2,1-10H3/t23?,27?,29-,30-,32+,34-,35+,39?,40+,41-,42-/m0/s1. The van der Waals surface area contributed by atoms with Crippen LogP contribution in [-0.4, -0.2) is 68.8 Å². The summed E-state index contributed by atoms with van der Waals surface area (Å²) in [6.07, 6.45) is 8.46. The molecular formula is C42H55NO6. The summed E-state index contributed by atoms with van der Waals surface area (Å²) < 4.78 is 33.6. The zero-order chi connectivity index (χ0) is 34.5. The van der Waals surface area contributed by atoms with Gasteiger partial charge in [0.05, 0.1) is 22.9 Å². The number of ether oxygens (including phenoxy) is 5. The van der Waals surface area contributed by atoms with Gasteiger partial charge in [0.25, 0.3) is 0 Å². The molecule has 264 valence electrons. The maximum atomic E-state index is 13.5. The number of nitrogens with one attached hydrogen (secondary N) is 1. The minimum atomic E-state index is -1.06. The van der Waals surface area contributed by atoms with Crippen molar-refractivity contribution in [2.24, 2.45) is 17.3 Å². The summed E-state index contributed by atoms with van der Waals surface area (Å²) in [6, 6.07) is 4.61. The van der Waals surface area contributed by atoms with Crippen LogP contribution < -0.4 is 0 Å². The van der Waals surface area contributed by atoms with Gasteiger partial charge in [-0.15, -0.1) is 0 Å². The van der Waals surface area contributed by atoms with Crippen molar-refractivity contribution in [3.05, 3.63) is 51.7 Å². The van der Waals surface area contributed by atoms with E-state index in [1.807, 2.05) is 6.08 Å². The van der Waals surface area contributed by atoms with E-state index in [9.17, 15) is 5.11 Å². The van der Waals surface area contributed by atoms with Crippen LogP contribution >= 0.6 is 0 Å². The van der Waals surface area contributed by atoms with Crippen LogP contribution in [0.1, 0.15) is 117 Å². The Labute approximate surface area is 291 Å². The second kappa shape index (κ2) is 9.13. The zero-order valence-corrected chi connectivity index (χ0v) is 31.1. The van der Waals surface area contributed by atoms with E-state index in [2.05, 4.69) is 92.4 Å². The Balaban J connectivity index is 1.06. The van der Waals surface area contributed by atoms with E-state index in [1.54, 1.807) is 0 Å². The van der Waals surface area contributed by atoms with Crippen LogP contribution in [0.15, 0.2) is 29.4 Å². The van der Waals surface area contributed by atoms with E-state index in [4.69, 9.17) is 23.7 Å². The second-order valence-electron chi connectivity index (χ2n) is 19.3. The molecule has 10 rings (SSSR count). The van der Waals surface area contributed by atoms with E-state index in [0.717, 1.165) is 37.7 Å². The van der Waals surface area contributed by atoms with E-state index < -0.39 is 28.5 Å². The number of epoxide rings is 1. The molecule has 3 unspecified atom stereocenters. The van der Waals surface area contributed by atoms with Gasteiger partial charge < -0.3 is 33.8 Å². The minimum absolute atomic E-state index is 0.193. The van der Waals surface area contributed by atoms with Crippen molar-refractivity contribution in [1.29, 1.82) is 0 Å². The fourth-order valence-corrected chi connectivity index (χ4v) is 13.1. The summed E-state index contributed by atoms with van der Waals surface area (Å²) in [7, 11) is 0. The van der Waals surface area contributed by atoms with E-state index in [1.165, 1.54) is 38.9 Å². The molecule has 2 aromatic rings. The summed E-state index contributed by atoms with van der Waals surface area (Å²) in [5.74, 6) is 0.803. The van der Waals surface area contributed by atoms with Gasteiger partial charge in [-0.2, -0.15) is 0 Å². The molecule has 1 aromatic carbocycles. The zero-order valence-electron chi connectivity index (χ0n) is 31.1. The molecule has 49 heavy (non-hydrogen) atoms. The smallest absolute Gasteiger partial charge is 0.178 e. The molecule has 7 heteroatoms. The summed E-state index contributed by atoms with van der Waals surface area (Å²) >= 11 is 0. The molecule has 6 fully saturated rings. The molecule has 5 heterocycles. The third kappa shape index (κ3) is 3.57. The number of H-pyrrole nitrogens is 1. The third-order valence-corrected chi connectivity index (χ3v) is 15.6. The van der Waals surface area contributed by atoms with Crippen molar-refractivity contribution in [2.75, 3.05) is 0 Å². The van der Waals surface area contributed by atoms with Crippen LogP contribution in [0.4, 0.5) is 0 Å². The lowest BCUT2D eigenvalue weighted by Gasteiger charge is -2.66. The summed E-state index contributed by atoms with van der Waals surface area (Å²) in [4.78, 5) is 4.03. The highest BCUT2D eigenvalue weighted by atomic mass is 16.8. The molecule has 1 aromatic heterocycles. The fraction of sp³-hybridized carbons (Fsp3) is 0.714. The van der Waals surface area contributed by atoms with Crippen LogP contribution in [0.3, 0.4) is 0 Å². The topological polar surface area (TPSA) is 85.5 Å². The Morgan fingerprint density at radius 3 is 2.41 bits per heavy atom. The molecule has 7 nitrogen and oxygen atoms in total. The third-order valence-electron chi connectivity index (χ3n) is 15.6. The first-order chi connectivity index (χ1) is 22.9. The molecule has 0 bridgehead atoms. The first-order valence-electron chi connectivity index (χ1n) is 19.0. The van der Waals surface area contributed by atoms with Gasteiger partial charge >= 0.3 is 0 Å². The summed E-state index contributed by atoms with van der Waals surface area (Å²) in [6.45, 7) is 22.2. The number of aromatic nitrogens is 1. The lowest BCUT2D eigenvalue weighted by molar-refractivity contribution is -0.343. The van der Waals surface area contributed by atoms with Crippen molar-refractivity contribution < 1.29 is 28.8 Å². The predicted molar refractivity (Wildman–Crippen MR) is 188 cm³/mol. The van der Waals surface area contributed by atoms with Crippen LogP contribution in [0, 0.1) is 17.3 Å². The van der Waals surface area contributed by atoms with Gasteiger partial charge in [-0.25, -0.2) is 0 Å². The van der Waals surface area contributed by atoms with Gasteiger partial charge in [-0.3, -0.25) is 0 Å². The van der Waals surface area contributed by atoms with E-state index in [0.29, 0.717) is 18.3 Å². The molecule has 1 spiro atoms. The van der Waals surface area contributed by atoms with Crippen LogP contribution in [-0.2, 0) is 41.9 Å². The van der Waals surface area contributed by atoms with Gasteiger partial charge in [0, 0.05) is 33.3 Å². The number of aliphatic hydroxyl groups is 1. The number of aromatic amines is 1. The Kier molecular flexibility index (Phi) is 5.91. The maximum Gasteiger partial charge on any atom is 0.178 e. The van der Waals surface area contributed by atoms with Crippen molar-refractivity contribution >= 4 is 17.0 Å². The van der Waals surface area contributed by atoms with Crippen molar-refractivity contribution in [3.8, 4) is 0 Å². The lowest BCUT2D eigenvalue weighted by atomic mass is 9.40. The number of rotatable bonds is 1. The van der Waals surface area contributed by atoms with E-state index >= 15 is 0 Å². The van der Waals surface area contributed by atoms with Crippen LogP contribution in [0.2, 0.25) is 0 Å². The van der Waals surface area contributed by atoms with Crippen LogP contribution in [0.5, 0.6) is 0 Å². The monoisotopic (exact) mass is 669 g/mol. The molecule has 0 radical (unpaired) electrons. The number of allylic oxidation sites excluding steroid dienone is 1. The average Bonchev–Trinajstić information content (AvgIpc) is 3.51. The lowest BCUT2D eigenvalue weighted by Crippen LogP contribution is -2.77. The number of hydrogen-bond acceptors (Lipinski definition) is 6. The van der Waals surface area contributed by atoms with Gasteiger partial charge in [0.15, 0.2) is 11.9 Å². The molecule has 2 saturated carbocycles. The number of benzene rings is 1. The van der Waals surface area contributed by atoms with Crippen molar-refractivity contribution in [2.45, 2.75) is 172 Å². The van der Waals surface area contributed by atoms with Gasteiger partial charge in [-0.05, 0) is 134 Å². The number of hydrogen-bond donors (Lipinski definition) is 2. The van der Waals surface area contributed by atoms with Gasteiger partial charge in [0.2, 0.25) is 0 Å². The summed E-state index contributed by atoms with van der Waals surface area (Å²) in [5, 5.41) is 14.9. The highest BCUT2D eigenvalue weighted by Gasteiger charge is 2.87. The molecule has 4 aliphatic carbocycles. The van der Waals surface area contributed by atoms with Crippen molar-refractivity contribution in [3.63, 3.8) is 0 Å². The van der Waals surface area contributed by atoms with E-state index in [-0.39, 0.29) is 41.0 Å². The molecule has 8 aliphatic rings. The largest absolute Gasteiger partial charge is 0.386 e. The molecule has 2 N–H and O–H groups in total. The average molecular weight is 670 g/mol. The molecule has 4 aliphatic heterocycles.